The van der Waals surface area contributed by atoms with Crippen molar-refractivity contribution in [1.29, 1.82) is 0 Å². The fourth-order valence-electron chi connectivity index (χ4n) is 2.38. The van der Waals surface area contributed by atoms with Gasteiger partial charge in [0.05, 0.1) is 14.2 Å². The number of methoxy groups -OCH3 is 2. The maximum atomic E-state index is 12.4. The van der Waals surface area contributed by atoms with E-state index in [-0.39, 0.29) is 13.1 Å². The molecule has 6 heteroatoms. The third kappa shape index (κ3) is 6.11. The molecule has 6 nitrogen and oxygen atoms in total. The van der Waals surface area contributed by atoms with Crippen LogP contribution in [0.4, 0.5) is 0 Å². The van der Waals surface area contributed by atoms with Gasteiger partial charge in [0, 0.05) is 6.08 Å². The van der Waals surface area contributed by atoms with Crippen molar-refractivity contribution in [3.05, 3.63) is 66.2 Å². The number of amides is 1. The van der Waals surface area contributed by atoms with E-state index in [2.05, 4.69) is 9.47 Å². The molecule has 1 amide bonds. The zero-order valence-corrected chi connectivity index (χ0v) is 15.3. The second kappa shape index (κ2) is 9.91. The Morgan fingerprint density at radius 1 is 0.852 bits per heavy atom. The van der Waals surface area contributed by atoms with Gasteiger partial charge in [-0.05, 0) is 28.8 Å². The van der Waals surface area contributed by atoms with E-state index in [0.29, 0.717) is 0 Å². The molecular weight excluding hydrogens is 346 g/mol. The molecule has 0 heterocycles. The van der Waals surface area contributed by atoms with Crippen molar-refractivity contribution in [1.82, 2.24) is 4.90 Å². The summed E-state index contributed by atoms with van der Waals surface area (Å²) in [6, 6.07) is 17.6. The molecule has 0 saturated carbocycles. The summed E-state index contributed by atoms with van der Waals surface area (Å²) < 4.78 is 9.13. The van der Waals surface area contributed by atoms with Crippen molar-refractivity contribution in [2.24, 2.45) is 0 Å². The molecule has 0 fully saturated rings. The van der Waals surface area contributed by atoms with Crippen molar-refractivity contribution in [2.45, 2.75) is 0 Å². The molecule has 0 unspecified atom stereocenters. The highest BCUT2D eigenvalue weighted by Crippen LogP contribution is 2.20. The molecule has 0 saturated heterocycles. The van der Waals surface area contributed by atoms with E-state index in [0.717, 1.165) is 21.6 Å². The molecule has 0 spiro atoms. The maximum Gasteiger partial charge on any atom is 0.325 e. The number of rotatable bonds is 7. The Hall–Kier alpha value is -3.41. The largest absolute Gasteiger partial charge is 0.468 e. The van der Waals surface area contributed by atoms with Crippen molar-refractivity contribution in [3.8, 4) is 11.1 Å². The first-order chi connectivity index (χ1) is 13.0. The van der Waals surface area contributed by atoms with Crippen LogP contribution < -0.4 is 0 Å². The third-order valence-corrected chi connectivity index (χ3v) is 3.82. The summed E-state index contributed by atoms with van der Waals surface area (Å²) in [7, 11) is 2.43. The highest BCUT2D eigenvalue weighted by molar-refractivity contribution is 5.95. The van der Waals surface area contributed by atoms with E-state index in [1.165, 1.54) is 20.3 Å². The monoisotopic (exact) mass is 367 g/mol. The van der Waals surface area contributed by atoms with Crippen molar-refractivity contribution >= 4 is 23.9 Å². The lowest BCUT2D eigenvalue weighted by atomic mass is 10.0. The predicted octanol–water partition coefficient (Wildman–Crippen LogP) is 2.54. The molecule has 0 aliphatic carbocycles. The van der Waals surface area contributed by atoms with Crippen LogP contribution in [-0.4, -0.2) is 50.1 Å². The Labute approximate surface area is 158 Å². The topological polar surface area (TPSA) is 72.9 Å². The second-order valence-electron chi connectivity index (χ2n) is 5.67. The molecule has 0 bridgehead atoms. The Morgan fingerprint density at radius 2 is 1.44 bits per heavy atom. The number of ether oxygens (including phenoxy) is 2. The van der Waals surface area contributed by atoms with Crippen LogP contribution in [0.5, 0.6) is 0 Å². The highest BCUT2D eigenvalue weighted by Gasteiger charge is 2.19. The van der Waals surface area contributed by atoms with Gasteiger partial charge < -0.3 is 14.4 Å². The summed E-state index contributed by atoms with van der Waals surface area (Å²) in [5, 5.41) is 0. The van der Waals surface area contributed by atoms with Gasteiger partial charge in [0.25, 0.3) is 0 Å². The molecule has 0 aromatic heterocycles. The molecule has 0 atom stereocenters. The van der Waals surface area contributed by atoms with Crippen LogP contribution in [-0.2, 0) is 23.9 Å². The number of carbonyl (C=O) groups is 3. The summed E-state index contributed by atoms with van der Waals surface area (Å²) in [5.74, 6) is -1.73. The maximum absolute atomic E-state index is 12.4. The number of hydrogen-bond acceptors (Lipinski definition) is 5. The van der Waals surface area contributed by atoms with Gasteiger partial charge in [-0.1, -0.05) is 48.5 Å². The van der Waals surface area contributed by atoms with Crippen LogP contribution >= 0.6 is 0 Å². The second-order valence-corrected chi connectivity index (χ2v) is 5.67. The van der Waals surface area contributed by atoms with Crippen LogP contribution in [0.1, 0.15) is 5.56 Å². The van der Waals surface area contributed by atoms with Gasteiger partial charge in [-0.15, -0.1) is 0 Å². The summed E-state index contributed by atoms with van der Waals surface area (Å²) >= 11 is 0. The van der Waals surface area contributed by atoms with Crippen LogP contribution in [0, 0.1) is 0 Å². The normalized spacial score (nSPS) is 10.4. The molecule has 2 aromatic carbocycles. The fraction of sp³-hybridized carbons (Fsp3) is 0.190. The van der Waals surface area contributed by atoms with E-state index in [9.17, 15) is 14.4 Å². The number of benzene rings is 2. The predicted molar refractivity (Wildman–Crippen MR) is 102 cm³/mol. The van der Waals surface area contributed by atoms with Gasteiger partial charge in [0.1, 0.15) is 13.1 Å². The zero-order chi connectivity index (χ0) is 19.6. The molecular formula is C21H21NO5. The van der Waals surface area contributed by atoms with Gasteiger partial charge in [0.2, 0.25) is 5.91 Å². The van der Waals surface area contributed by atoms with E-state index in [1.807, 2.05) is 54.6 Å². The molecule has 0 aliphatic rings. The van der Waals surface area contributed by atoms with E-state index in [4.69, 9.17) is 0 Å². The lowest BCUT2D eigenvalue weighted by Crippen LogP contribution is -2.39. The highest BCUT2D eigenvalue weighted by atomic mass is 16.5. The molecule has 0 N–H and O–H groups in total. The van der Waals surface area contributed by atoms with Gasteiger partial charge in [-0.2, -0.15) is 0 Å². The number of nitrogens with zero attached hydrogens (tertiary/aromatic N) is 1. The zero-order valence-electron chi connectivity index (χ0n) is 15.3. The standard InChI is InChI=1S/C21H21NO5/c1-26-20(24)14-22(15-21(25)27-2)19(23)12-11-16-7-6-10-18(13-16)17-8-4-3-5-9-17/h3-13H,14-15H2,1-2H3/b12-11+. The molecule has 2 aromatic rings. The average Bonchev–Trinajstić information content (AvgIpc) is 2.72. The number of carbonyl (C=O) groups excluding carboxylic acids is 3. The van der Waals surface area contributed by atoms with E-state index >= 15 is 0 Å². The van der Waals surface area contributed by atoms with E-state index < -0.39 is 17.8 Å². The Kier molecular flexibility index (Phi) is 7.31. The number of hydrogen-bond donors (Lipinski definition) is 0. The first-order valence-electron chi connectivity index (χ1n) is 8.29. The average molecular weight is 367 g/mol. The minimum absolute atomic E-state index is 0.334. The van der Waals surface area contributed by atoms with Gasteiger partial charge in [-0.3, -0.25) is 14.4 Å². The summed E-state index contributed by atoms with van der Waals surface area (Å²) in [5.41, 5.74) is 2.91. The first kappa shape index (κ1) is 19.9. The van der Waals surface area contributed by atoms with Crippen molar-refractivity contribution < 1.29 is 23.9 Å². The lowest BCUT2D eigenvalue weighted by molar-refractivity contribution is -0.150. The molecule has 0 radical (unpaired) electrons. The van der Waals surface area contributed by atoms with Gasteiger partial charge in [-0.25, -0.2) is 0 Å². The summed E-state index contributed by atoms with van der Waals surface area (Å²) in [6.45, 7) is -0.669. The van der Waals surface area contributed by atoms with Crippen LogP contribution in [0.15, 0.2) is 60.7 Å². The molecule has 0 aliphatic heterocycles. The van der Waals surface area contributed by atoms with Crippen molar-refractivity contribution in [2.75, 3.05) is 27.3 Å². The van der Waals surface area contributed by atoms with Crippen molar-refractivity contribution in [3.63, 3.8) is 0 Å². The minimum Gasteiger partial charge on any atom is -0.468 e. The molecule has 140 valence electrons. The molecule has 2 rings (SSSR count). The Bertz CT molecular complexity index is 811. The third-order valence-electron chi connectivity index (χ3n) is 3.82. The smallest absolute Gasteiger partial charge is 0.325 e. The Morgan fingerprint density at radius 3 is 2.04 bits per heavy atom. The summed E-state index contributed by atoms with van der Waals surface area (Å²) in [4.78, 5) is 36.4. The Balaban J connectivity index is 2.15. The van der Waals surface area contributed by atoms with Gasteiger partial charge >= 0.3 is 11.9 Å². The van der Waals surface area contributed by atoms with Crippen LogP contribution in [0.2, 0.25) is 0 Å². The lowest BCUT2D eigenvalue weighted by Gasteiger charge is -2.18. The molecule has 27 heavy (non-hydrogen) atoms. The number of esters is 2. The summed E-state index contributed by atoms with van der Waals surface area (Å²) in [6.07, 6.45) is 2.95. The van der Waals surface area contributed by atoms with Crippen LogP contribution in [0.3, 0.4) is 0 Å². The first-order valence-corrected chi connectivity index (χ1v) is 8.29. The minimum atomic E-state index is -0.619. The van der Waals surface area contributed by atoms with Crippen LogP contribution in [0.25, 0.3) is 17.2 Å². The SMILES string of the molecule is COC(=O)CN(CC(=O)OC)C(=O)/C=C/c1cccc(-c2ccccc2)c1. The van der Waals surface area contributed by atoms with Gasteiger partial charge in [0.15, 0.2) is 0 Å². The fourth-order valence-corrected chi connectivity index (χ4v) is 2.38. The van der Waals surface area contributed by atoms with E-state index in [1.54, 1.807) is 6.08 Å². The quantitative estimate of drug-likeness (QED) is 0.555.